The van der Waals surface area contributed by atoms with Crippen LogP contribution in [0, 0.1) is 0 Å². The molecule has 38 heavy (non-hydrogen) atoms. The fraction of sp³-hybridized carbons (Fsp3) is 0.387. The van der Waals surface area contributed by atoms with Crippen LogP contribution < -0.4 is 10.6 Å². The second-order valence-corrected chi connectivity index (χ2v) is 10.5. The van der Waals surface area contributed by atoms with Gasteiger partial charge in [0.05, 0.1) is 0 Å². The van der Waals surface area contributed by atoms with Crippen LogP contribution in [-0.2, 0) is 20.7 Å². The first-order chi connectivity index (χ1) is 18.0. The molecule has 7 nitrogen and oxygen atoms in total. The summed E-state index contributed by atoms with van der Waals surface area (Å²) in [4.78, 5) is 41.2. The Morgan fingerprint density at radius 2 is 1.58 bits per heavy atom. The molecule has 0 fully saturated rings. The fourth-order valence-electron chi connectivity index (χ4n) is 4.25. The van der Waals surface area contributed by atoms with Gasteiger partial charge in [0, 0.05) is 11.7 Å². The topological polar surface area (TPSA) is 87.7 Å². The van der Waals surface area contributed by atoms with E-state index in [1.54, 1.807) is 25.7 Å². The highest BCUT2D eigenvalue weighted by atomic mass is 16.6. The van der Waals surface area contributed by atoms with E-state index in [1.807, 2.05) is 80.6 Å². The molecule has 0 radical (unpaired) electrons. The van der Waals surface area contributed by atoms with E-state index in [0.717, 1.165) is 22.8 Å². The zero-order valence-corrected chi connectivity index (χ0v) is 23.2. The number of nitrogens with zero attached hydrogens (tertiary/aromatic N) is 1. The van der Waals surface area contributed by atoms with Gasteiger partial charge in [-0.1, -0.05) is 68.4 Å². The summed E-state index contributed by atoms with van der Waals surface area (Å²) in [7, 11) is 0. The summed E-state index contributed by atoms with van der Waals surface area (Å²) in [6.45, 7) is 10.9. The Kier molecular flexibility index (Phi) is 9.50. The van der Waals surface area contributed by atoms with Crippen LogP contribution in [0.1, 0.15) is 65.1 Å². The van der Waals surface area contributed by atoms with Gasteiger partial charge in [0.1, 0.15) is 18.2 Å². The van der Waals surface area contributed by atoms with Crippen molar-refractivity contribution in [2.45, 2.75) is 72.1 Å². The van der Waals surface area contributed by atoms with Crippen molar-refractivity contribution in [1.82, 2.24) is 10.2 Å². The molecule has 0 bridgehead atoms. The van der Waals surface area contributed by atoms with E-state index in [1.165, 1.54) is 0 Å². The van der Waals surface area contributed by atoms with E-state index in [4.69, 9.17) is 4.74 Å². The smallest absolute Gasteiger partial charge is 0.408 e. The Morgan fingerprint density at radius 3 is 2.18 bits per heavy atom. The second-order valence-electron chi connectivity index (χ2n) is 10.5. The Bertz CT molecular complexity index is 1260. The van der Waals surface area contributed by atoms with E-state index in [2.05, 4.69) is 17.6 Å². The molecule has 0 aliphatic rings. The van der Waals surface area contributed by atoms with Crippen molar-refractivity contribution in [3.05, 3.63) is 77.9 Å². The molecule has 0 spiro atoms. The molecule has 7 heteroatoms. The van der Waals surface area contributed by atoms with Gasteiger partial charge in [-0.3, -0.25) is 9.59 Å². The number of anilines is 1. The third-order valence-electron chi connectivity index (χ3n) is 6.38. The average molecular weight is 518 g/mol. The summed E-state index contributed by atoms with van der Waals surface area (Å²) < 4.78 is 5.29. The standard InChI is InChI=1S/C31H39N3O4/c1-7-21(3)34(27(35)20-32-30(37)38-31(4,5)6)28(24-15-13-22(8-2)14-16-24)29(36)33-26-18-17-23-11-9-10-12-25(23)19-26/h9-19,21,28H,7-8,20H2,1-6H3,(H,32,37)(H,33,36). The highest BCUT2D eigenvalue weighted by molar-refractivity contribution is 6.00. The maximum atomic E-state index is 13.9. The van der Waals surface area contributed by atoms with E-state index >= 15 is 0 Å². The molecular weight excluding hydrogens is 478 g/mol. The number of alkyl carbamates (subject to hydrolysis) is 1. The molecule has 3 aromatic rings. The summed E-state index contributed by atoms with van der Waals surface area (Å²) in [6.07, 6.45) is 0.812. The van der Waals surface area contributed by atoms with Crippen LogP contribution in [-0.4, -0.2) is 41.0 Å². The maximum absolute atomic E-state index is 13.9. The number of carbonyl (C=O) groups excluding carboxylic acids is 3. The lowest BCUT2D eigenvalue weighted by Gasteiger charge is -2.36. The van der Waals surface area contributed by atoms with Crippen LogP contribution in [0.25, 0.3) is 10.8 Å². The quantitative estimate of drug-likeness (QED) is 0.352. The number of fused-ring (bicyclic) bond motifs is 1. The van der Waals surface area contributed by atoms with E-state index in [0.29, 0.717) is 17.7 Å². The summed E-state index contributed by atoms with van der Waals surface area (Å²) in [5, 5.41) is 7.65. The number of carbonyl (C=O) groups is 3. The Balaban J connectivity index is 1.94. The fourth-order valence-corrected chi connectivity index (χ4v) is 4.25. The highest BCUT2D eigenvalue weighted by Gasteiger charge is 2.34. The van der Waals surface area contributed by atoms with Crippen molar-refractivity contribution in [2.24, 2.45) is 0 Å². The van der Waals surface area contributed by atoms with Crippen LogP contribution in [0.15, 0.2) is 66.7 Å². The van der Waals surface area contributed by atoms with Crippen molar-refractivity contribution >= 4 is 34.4 Å². The Labute approximate surface area is 225 Å². The second kappa shape index (κ2) is 12.6. The largest absolute Gasteiger partial charge is 0.444 e. The lowest BCUT2D eigenvalue weighted by molar-refractivity contribution is -0.140. The molecule has 2 unspecified atom stereocenters. The molecule has 0 aromatic heterocycles. The third kappa shape index (κ3) is 7.57. The Morgan fingerprint density at radius 1 is 0.921 bits per heavy atom. The first-order valence-corrected chi connectivity index (χ1v) is 13.2. The molecule has 3 amide bonds. The normalized spacial score (nSPS) is 12.9. The third-order valence-corrected chi connectivity index (χ3v) is 6.38. The molecule has 0 saturated heterocycles. The SMILES string of the molecule is CCc1ccc(C(C(=O)Nc2ccc3ccccc3c2)N(C(=O)CNC(=O)OC(C)(C)C)C(C)CC)cc1. The summed E-state index contributed by atoms with van der Waals surface area (Å²) in [5.41, 5.74) is 1.79. The predicted octanol–water partition coefficient (Wildman–Crippen LogP) is 6.23. The van der Waals surface area contributed by atoms with Crippen LogP contribution in [0.3, 0.4) is 0 Å². The number of amides is 3. The summed E-state index contributed by atoms with van der Waals surface area (Å²) in [6, 6.07) is 20.2. The molecule has 202 valence electrons. The summed E-state index contributed by atoms with van der Waals surface area (Å²) >= 11 is 0. The van der Waals surface area contributed by atoms with Crippen LogP contribution in [0.5, 0.6) is 0 Å². The highest BCUT2D eigenvalue weighted by Crippen LogP contribution is 2.28. The maximum Gasteiger partial charge on any atom is 0.408 e. The molecule has 0 aliphatic carbocycles. The first-order valence-electron chi connectivity index (χ1n) is 13.2. The van der Waals surface area contributed by atoms with Crippen LogP contribution in [0.2, 0.25) is 0 Å². The zero-order chi connectivity index (χ0) is 27.9. The van der Waals surface area contributed by atoms with Gasteiger partial charge in [-0.15, -0.1) is 0 Å². The molecule has 3 aromatic carbocycles. The van der Waals surface area contributed by atoms with Crippen molar-refractivity contribution in [3.8, 4) is 0 Å². The monoisotopic (exact) mass is 517 g/mol. The van der Waals surface area contributed by atoms with Crippen molar-refractivity contribution in [1.29, 1.82) is 0 Å². The van der Waals surface area contributed by atoms with Crippen molar-refractivity contribution < 1.29 is 19.1 Å². The number of ether oxygens (including phenoxy) is 1. The average Bonchev–Trinajstić information content (AvgIpc) is 2.89. The van der Waals surface area contributed by atoms with Gasteiger partial charge in [-0.05, 0) is 74.6 Å². The van der Waals surface area contributed by atoms with E-state index < -0.39 is 17.7 Å². The van der Waals surface area contributed by atoms with Gasteiger partial charge >= 0.3 is 6.09 Å². The minimum atomic E-state index is -0.893. The number of rotatable bonds is 9. The number of nitrogens with one attached hydrogen (secondary N) is 2. The molecule has 0 heterocycles. The predicted molar refractivity (Wildman–Crippen MR) is 152 cm³/mol. The van der Waals surface area contributed by atoms with Gasteiger partial charge in [0.15, 0.2) is 0 Å². The first kappa shape index (κ1) is 28.7. The van der Waals surface area contributed by atoms with Crippen molar-refractivity contribution in [2.75, 3.05) is 11.9 Å². The Hall–Kier alpha value is -3.87. The number of aryl methyl sites for hydroxylation is 1. The molecule has 2 atom stereocenters. The number of hydrogen-bond donors (Lipinski definition) is 2. The van der Waals surface area contributed by atoms with Crippen LogP contribution >= 0.6 is 0 Å². The molecule has 3 rings (SSSR count). The van der Waals surface area contributed by atoms with Gasteiger partial charge in [0.25, 0.3) is 5.91 Å². The lowest BCUT2D eigenvalue weighted by atomic mass is 9.99. The van der Waals surface area contributed by atoms with Crippen molar-refractivity contribution in [3.63, 3.8) is 0 Å². The van der Waals surface area contributed by atoms with Gasteiger partial charge in [-0.25, -0.2) is 4.79 Å². The molecule has 0 saturated carbocycles. The van der Waals surface area contributed by atoms with Gasteiger partial charge in [-0.2, -0.15) is 0 Å². The summed E-state index contributed by atoms with van der Waals surface area (Å²) in [5.74, 6) is -0.695. The molecule has 2 N–H and O–H groups in total. The van der Waals surface area contributed by atoms with E-state index in [9.17, 15) is 14.4 Å². The van der Waals surface area contributed by atoms with Crippen LogP contribution in [0.4, 0.5) is 10.5 Å². The number of hydrogen-bond acceptors (Lipinski definition) is 4. The van der Waals surface area contributed by atoms with Gasteiger partial charge < -0.3 is 20.3 Å². The van der Waals surface area contributed by atoms with Gasteiger partial charge in [0.2, 0.25) is 5.91 Å². The minimum Gasteiger partial charge on any atom is -0.444 e. The molecule has 0 aliphatic heterocycles. The molecular formula is C31H39N3O4. The lowest BCUT2D eigenvalue weighted by Crippen LogP contribution is -2.50. The minimum absolute atomic E-state index is 0.263. The zero-order valence-electron chi connectivity index (χ0n) is 23.2. The van der Waals surface area contributed by atoms with E-state index in [-0.39, 0.29) is 24.4 Å². The number of benzene rings is 3.